The lowest BCUT2D eigenvalue weighted by molar-refractivity contribution is -0.128. The largest absolute Gasteiger partial charge is 0.476 e. The summed E-state index contributed by atoms with van der Waals surface area (Å²) in [6, 6.07) is 19.8. The van der Waals surface area contributed by atoms with Crippen molar-refractivity contribution in [3.63, 3.8) is 0 Å². The first-order chi connectivity index (χ1) is 16.3. The van der Waals surface area contributed by atoms with Gasteiger partial charge in [-0.3, -0.25) is 9.10 Å². The van der Waals surface area contributed by atoms with Crippen molar-refractivity contribution in [3.8, 4) is 5.75 Å². The van der Waals surface area contributed by atoms with Crippen molar-refractivity contribution in [2.75, 3.05) is 10.8 Å². The molecule has 5 rings (SSSR count). The van der Waals surface area contributed by atoms with Gasteiger partial charge in [0, 0.05) is 0 Å². The topological polar surface area (TPSA) is 75.7 Å². The smallest absolute Gasteiger partial charge is 0.264 e. The Balaban J connectivity index is 1.40. The number of hydrogen-bond donors (Lipinski definition) is 1. The fourth-order valence-electron chi connectivity index (χ4n) is 4.65. The molecule has 0 unspecified atom stereocenters. The molecule has 6 nitrogen and oxygen atoms in total. The molecule has 0 saturated carbocycles. The second-order valence-corrected chi connectivity index (χ2v) is 10.9. The van der Waals surface area contributed by atoms with E-state index in [1.54, 1.807) is 48.5 Å². The van der Waals surface area contributed by atoms with E-state index in [0.717, 1.165) is 24.0 Å². The molecule has 7 heteroatoms. The van der Waals surface area contributed by atoms with Crippen molar-refractivity contribution in [1.82, 2.24) is 5.32 Å². The van der Waals surface area contributed by atoms with Crippen LogP contribution in [-0.4, -0.2) is 27.0 Å². The quantitative estimate of drug-likeness (QED) is 0.595. The van der Waals surface area contributed by atoms with Crippen LogP contribution in [0, 0.1) is 6.92 Å². The first kappa shape index (κ1) is 22.5. The Labute approximate surface area is 200 Å². The van der Waals surface area contributed by atoms with Gasteiger partial charge in [0.05, 0.1) is 23.2 Å². The average molecular weight is 477 g/mol. The number of ether oxygens (including phenoxy) is 1. The Bertz CT molecular complexity index is 1330. The number of nitrogens with zero attached hydrogens (tertiary/aromatic N) is 1. The molecule has 0 radical (unpaired) electrons. The van der Waals surface area contributed by atoms with Crippen molar-refractivity contribution in [2.24, 2.45) is 0 Å². The zero-order valence-electron chi connectivity index (χ0n) is 19.3. The molecule has 0 aromatic heterocycles. The number of rotatable bonds is 5. The third-order valence-electron chi connectivity index (χ3n) is 6.62. The fraction of sp³-hybridized carbons (Fsp3) is 0.296. The van der Waals surface area contributed by atoms with Crippen LogP contribution in [0.1, 0.15) is 41.6 Å². The molecule has 0 saturated heterocycles. The van der Waals surface area contributed by atoms with Gasteiger partial charge in [0.2, 0.25) is 0 Å². The highest BCUT2D eigenvalue weighted by Gasteiger charge is 2.37. The summed E-state index contributed by atoms with van der Waals surface area (Å²) in [6.07, 6.45) is 2.38. The second-order valence-electron chi connectivity index (χ2n) is 9.04. The van der Waals surface area contributed by atoms with E-state index in [2.05, 4.69) is 23.5 Å². The van der Waals surface area contributed by atoms with E-state index in [1.165, 1.54) is 21.9 Å². The summed E-state index contributed by atoms with van der Waals surface area (Å²) in [5, 5.41) is 3.02. The van der Waals surface area contributed by atoms with Crippen LogP contribution in [0.4, 0.5) is 5.69 Å². The molecule has 1 aliphatic heterocycles. The minimum Gasteiger partial charge on any atom is -0.476 e. The second kappa shape index (κ2) is 8.80. The van der Waals surface area contributed by atoms with Crippen LogP contribution in [0.25, 0.3) is 0 Å². The Hall–Kier alpha value is -3.32. The number of sulfonamides is 1. The molecule has 2 aliphatic rings. The van der Waals surface area contributed by atoms with E-state index in [1.807, 2.05) is 13.8 Å². The normalized spacial score (nSPS) is 17.9. The third kappa shape index (κ3) is 4.16. The molecule has 1 heterocycles. The van der Waals surface area contributed by atoms with Crippen molar-refractivity contribution in [1.29, 1.82) is 0 Å². The van der Waals surface area contributed by atoms with Crippen LogP contribution in [0.5, 0.6) is 5.75 Å². The maximum absolute atomic E-state index is 13.5. The number of aryl methyl sites for hydroxylation is 3. The predicted octanol–water partition coefficient (Wildman–Crippen LogP) is 4.32. The van der Waals surface area contributed by atoms with Crippen LogP contribution in [-0.2, 0) is 27.7 Å². The van der Waals surface area contributed by atoms with Gasteiger partial charge >= 0.3 is 0 Å². The van der Waals surface area contributed by atoms with E-state index in [9.17, 15) is 13.2 Å². The van der Waals surface area contributed by atoms with Gasteiger partial charge in [0.1, 0.15) is 5.75 Å². The van der Waals surface area contributed by atoms with Crippen LogP contribution in [0.15, 0.2) is 71.6 Å². The lowest BCUT2D eigenvalue weighted by atomic mass is 10.0. The van der Waals surface area contributed by atoms with Crippen molar-refractivity contribution in [2.45, 2.75) is 50.2 Å². The lowest BCUT2D eigenvalue weighted by Gasteiger charge is -2.35. The molecule has 0 bridgehead atoms. The molecule has 3 aromatic rings. The van der Waals surface area contributed by atoms with E-state index >= 15 is 0 Å². The highest BCUT2D eigenvalue weighted by atomic mass is 32.2. The molecule has 1 amide bonds. The van der Waals surface area contributed by atoms with Crippen LogP contribution < -0.4 is 14.4 Å². The number of anilines is 1. The molecule has 3 aromatic carbocycles. The molecule has 176 valence electrons. The summed E-state index contributed by atoms with van der Waals surface area (Å²) in [4.78, 5) is 13.4. The van der Waals surface area contributed by atoms with Crippen LogP contribution >= 0.6 is 0 Å². The first-order valence-corrected chi connectivity index (χ1v) is 13.0. The molecular weight excluding hydrogens is 448 g/mol. The maximum atomic E-state index is 13.5. The van der Waals surface area contributed by atoms with E-state index in [-0.39, 0.29) is 23.4 Å². The van der Waals surface area contributed by atoms with Gasteiger partial charge in [0.25, 0.3) is 15.9 Å². The van der Waals surface area contributed by atoms with Gasteiger partial charge in [-0.15, -0.1) is 0 Å². The number of hydrogen-bond acceptors (Lipinski definition) is 4. The molecular formula is C27H28N2O4S. The maximum Gasteiger partial charge on any atom is 0.264 e. The van der Waals surface area contributed by atoms with E-state index in [4.69, 9.17) is 4.74 Å². The van der Waals surface area contributed by atoms with Crippen LogP contribution in [0.3, 0.4) is 0 Å². The van der Waals surface area contributed by atoms with Gasteiger partial charge in [-0.1, -0.05) is 48.0 Å². The highest BCUT2D eigenvalue weighted by Crippen LogP contribution is 2.37. The Morgan fingerprint density at radius 2 is 1.76 bits per heavy atom. The van der Waals surface area contributed by atoms with Crippen molar-refractivity contribution in [3.05, 3.63) is 89.0 Å². The molecule has 0 fully saturated rings. The number of benzene rings is 3. The standard InChI is InChI=1S/C27H28N2O4S/c1-18-10-14-23(15-11-18)34(31,32)29-17-26(33-25-9-4-3-8-24(25)29)27(30)28-19(2)21-13-12-20-6-5-7-22(20)16-21/h3-4,8-16,19,26H,5-7,17H2,1-2H3,(H,28,30)/t19-,26-/m0/s1. The highest BCUT2D eigenvalue weighted by molar-refractivity contribution is 7.92. The van der Waals surface area contributed by atoms with E-state index < -0.39 is 16.1 Å². The van der Waals surface area contributed by atoms with Gasteiger partial charge in [0.15, 0.2) is 6.10 Å². The lowest BCUT2D eigenvalue weighted by Crippen LogP contribution is -2.51. The first-order valence-electron chi connectivity index (χ1n) is 11.6. The summed E-state index contributed by atoms with van der Waals surface area (Å²) < 4.78 is 34.3. The van der Waals surface area contributed by atoms with Crippen molar-refractivity contribution < 1.29 is 17.9 Å². The molecule has 0 spiro atoms. The third-order valence-corrected chi connectivity index (χ3v) is 8.41. The van der Waals surface area contributed by atoms with Gasteiger partial charge in [-0.05, 0) is 74.1 Å². The number of carbonyl (C=O) groups is 1. The number of amides is 1. The Morgan fingerprint density at radius 1 is 1.03 bits per heavy atom. The fourth-order valence-corrected chi connectivity index (χ4v) is 6.13. The zero-order valence-corrected chi connectivity index (χ0v) is 20.1. The number of nitrogens with one attached hydrogen (secondary N) is 1. The van der Waals surface area contributed by atoms with Gasteiger partial charge in [-0.25, -0.2) is 8.42 Å². The summed E-state index contributed by atoms with van der Waals surface area (Å²) in [7, 11) is -3.87. The Kier molecular flexibility index (Phi) is 5.81. The number of carbonyl (C=O) groups excluding carboxylic acids is 1. The molecule has 2 atom stereocenters. The van der Waals surface area contributed by atoms with Gasteiger partial charge in [-0.2, -0.15) is 0 Å². The minimum atomic E-state index is -3.87. The zero-order chi connectivity index (χ0) is 23.9. The van der Waals surface area contributed by atoms with Gasteiger partial charge < -0.3 is 10.1 Å². The molecule has 34 heavy (non-hydrogen) atoms. The number of fused-ring (bicyclic) bond motifs is 2. The Morgan fingerprint density at radius 3 is 2.56 bits per heavy atom. The monoisotopic (exact) mass is 476 g/mol. The molecule has 1 N–H and O–H groups in total. The summed E-state index contributed by atoms with van der Waals surface area (Å²) in [5.41, 5.74) is 5.16. The summed E-state index contributed by atoms with van der Waals surface area (Å²) in [5.74, 6) is 0.0291. The predicted molar refractivity (Wildman–Crippen MR) is 132 cm³/mol. The average Bonchev–Trinajstić information content (AvgIpc) is 3.31. The van der Waals surface area contributed by atoms with E-state index in [0.29, 0.717) is 11.4 Å². The number of para-hydroxylation sites is 2. The minimum absolute atomic E-state index is 0.101. The molecule has 1 aliphatic carbocycles. The SMILES string of the molecule is Cc1ccc(S(=O)(=O)N2C[C@@H](C(=O)N[C@@H](C)c3ccc4c(c3)CCC4)Oc3ccccc32)cc1. The summed E-state index contributed by atoms with van der Waals surface area (Å²) >= 11 is 0. The van der Waals surface area contributed by atoms with Crippen LogP contribution in [0.2, 0.25) is 0 Å². The van der Waals surface area contributed by atoms with Crippen molar-refractivity contribution >= 4 is 21.6 Å². The summed E-state index contributed by atoms with van der Waals surface area (Å²) in [6.45, 7) is 3.74.